The molecule has 3 aromatic heterocycles. The lowest BCUT2D eigenvalue weighted by Gasteiger charge is -2.35. The van der Waals surface area contributed by atoms with Crippen molar-refractivity contribution in [2.45, 2.75) is 39.9 Å². The third kappa shape index (κ3) is 3.22. The van der Waals surface area contributed by atoms with E-state index in [9.17, 15) is 0 Å². The van der Waals surface area contributed by atoms with E-state index in [-0.39, 0.29) is 12.2 Å². The molecule has 4 heterocycles. The first-order valence-corrected chi connectivity index (χ1v) is 8.77. The molecule has 7 heteroatoms. The number of ether oxygens (including phenoxy) is 1. The van der Waals surface area contributed by atoms with Gasteiger partial charge in [-0.15, -0.1) is 0 Å². The average Bonchev–Trinajstić information content (AvgIpc) is 3.22. The van der Waals surface area contributed by atoms with E-state index >= 15 is 0 Å². The minimum Gasteiger partial charge on any atom is -0.460 e. The maximum Gasteiger partial charge on any atom is 0.226 e. The number of furan rings is 1. The molecule has 0 unspecified atom stereocenters. The summed E-state index contributed by atoms with van der Waals surface area (Å²) in [5.74, 6) is 2.80. The Labute approximate surface area is 152 Å². The predicted molar refractivity (Wildman–Crippen MR) is 96.9 cm³/mol. The largest absolute Gasteiger partial charge is 0.460 e. The molecule has 136 valence electrons. The molecule has 0 N–H and O–H groups in total. The number of rotatable bonds is 3. The van der Waals surface area contributed by atoms with Crippen LogP contribution in [0.4, 0.5) is 5.95 Å². The second-order valence-electron chi connectivity index (χ2n) is 6.84. The van der Waals surface area contributed by atoms with E-state index in [0.29, 0.717) is 23.2 Å². The van der Waals surface area contributed by atoms with Crippen LogP contribution >= 0.6 is 0 Å². The third-order valence-electron chi connectivity index (χ3n) is 4.35. The van der Waals surface area contributed by atoms with Crippen molar-refractivity contribution in [1.82, 2.24) is 15.1 Å². The SMILES string of the molecule is Cc1cc(-c2cnc(N3C[C@@H](C)O[C@H](C)C3)nc2-c2ccc(C)o2)on1. The number of morpholine rings is 1. The third-order valence-corrected chi connectivity index (χ3v) is 4.35. The summed E-state index contributed by atoms with van der Waals surface area (Å²) in [5.41, 5.74) is 2.27. The molecule has 0 aliphatic carbocycles. The topological polar surface area (TPSA) is 77.4 Å². The monoisotopic (exact) mass is 354 g/mol. The second kappa shape index (κ2) is 6.57. The molecule has 3 aromatic rings. The maximum atomic E-state index is 5.83. The van der Waals surface area contributed by atoms with Crippen LogP contribution in [0.5, 0.6) is 0 Å². The van der Waals surface area contributed by atoms with Crippen LogP contribution in [0.3, 0.4) is 0 Å². The Morgan fingerprint density at radius 2 is 1.85 bits per heavy atom. The van der Waals surface area contributed by atoms with Crippen molar-refractivity contribution in [2.75, 3.05) is 18.0 Å². The minimum absolute atomic E-state index is 0.133. The molecule has 0 radical (unpaired) electrons. The first-order chi connectivity index (χ1) is 12.5. The lowest BCUT2D eigenvalue weighted by atomic mass is 10.1. The summed E-state index contributed by atoms with van der Waals surface area (Å²) in [5, 5.41) is 3.98. The van der Waals surface area contributed by atoms with E-state index in [1.807, 2.05) is 32.0 Å². The molecule has 4 rings (SSSR count). The highest BCUT2D eigenvalue weighted by molar-refractivity contribution is 5.76. The predicted octanol–water partition coefficient (Wildman–Crippen LogP) is 3.62. The molecule has 1 saturated heterocycles. The van der Waals surface area contributed by atoms with Gasteiger partial charge in [-0.05, 0) is 39.8 Å². The van der Waals surface area contributed by atoms with Gasteiger partial charge in [0.15, 0.2) is 11.5 Å². The van der Waals surface area contributed by atoms with Gasteiger partial charge in [-0.3, -0.25) is 0 Å². The molecule has 2 atom stereocenters. The van der Waals surface area contributed by atoms with E-state index in [0.717, 1.165) is 30.1 Å². The van der Waals surface area contributed by atoms with Gasteiger partial charge in [0.25, 0.3) is 0 Å². The fraction of sp³-hybridized carbons (Fsp3) is 0.421. The number of aromatic nitrogens is 3. The maximum absolute atomic E-state index is 5.83. The molecule has 0 aromatic carbocycles. The molecule has 0 amide bonds. The van der Waals surface area contributed by atoms with Gasteiger partial charge in [0.2, 0.25) is 5.95 Å². The number of hydrogen-bond acceptors (Lipinski definition) is 7. The van der Waals surface area contributed by atoms with Crippen LogP contribution < -0.4 is 4.90 Å². The lowest BCUT2D eigenvalue weighted by Crippen LogP contribution is -2.46. The lowest BCUT2D eigenvalue weighted by molar-refractivity contribution is -0.00571. The smallest absolute Gasteiger partial charge is 0.226 e. The molecular weight excluding hydrogens is 332 g/mol. The summed E-state index contributed by atoms with van der Waals surface area (Å²) < 4.78 is 17.1. The summed E-state index contributed by atoms with van der Waals surface area (Å²) >= 11 is 0. The average molecular weight is 354 g/mol. The van der Waals surface area contributed by atoms with E-state index in [1.54, 1.807) is 6.20 Å². The quantitative estimate of drug-likeness (QED) is 0.711. The standard InChI is InChI=1S/C19H22N4O3/c1-11-7-17(26-22-11)15-8-20-19(23-9-13(3)24-14(4)10-23)21-18(15)16-6-5-12(2)25-16/h5-8,13-14H,9-10H2,1-4H3/t13-,14-/m1/s1. The summed E-state index contributed by atoms with van der Waals surface area (Å²) in [7, 11) is 0. The van der Waals surface area contributed by atoms with Crippen LogP contribution in [0.1, 0.15) is 25.3 Å². The van der Waals surface area contributed by atoms with Crippen molar-refractivity contribution in [1.29, 1.82) is 0 Å². The summed E-state index contributed by atoms with van der Waals surface area (Å²) in [4.78, 5) is 11.5. The van der Waals surface area contributed by atoms with E-state index in [2.05, 4.69) is 28.9 Å². The van der Waals surface area contributed by atoms with E-state index < -0.39 is 0 Å². The molecule has 26 heavy (non-hydrogen) atoms. The van der Waals surface area contributed by atoms with Crippen LogP contribution in [0.2, 0.25) is 0 Å². The van der Waals surface area contributed by atoms with Crippen molar-refractivity contribution in [3.8, 4) is 22.8 Å². The minimum atomic E-state index is 0.133. The van der Waals surface area contributed by atoms with Crippen LogP contribution in [0.15, 0.2) is 33.3 Å². The fourth-order valence-corrected chi connectivity index (χ4v) is 3.29. The van der Waals surface area contributed by atoms with Gasteiger partial charge < -0.3 is 18.6 Å². The van der Waals surface area contributed by atoms with E-state index in [4.69, 9.17) is 18.7 Å². The van der Waals surface area contributed by atoms with E-state index in [1.165, 1.54) is 0 Å². The van der Waals surface area contributed by atoms with Crippen molar-refractivity contribution in [3.63, 3.8) is 0 Å². The Hall–Kier alpha value is -2.67. The molecule has 0 spiro atoms. The first kappa shape index (κ1) is 16.8. The van der Waals surface area contributed by atoms with Gasteiger partial charge in [0.1, 0.15) is 11.5 Å². The Morgan fingerprint density at radius 1 is 1.08 bits per heavy atom. The molecule has 1 aliphatic heterocycles. The summed E-state index contributed by atoms with van der Waals surface area (Å²) in [6, 6.07) is 5.71. The van der Waals surface area contributed by atoms with Crippen molar-refractivity contribution in [3.05, 3.63) is 35.9 Å². The summed E-state index contributed by atoms with van der Waals surface area (Å²) in [6.07, 6.45) is 2.04. The van der Waals surface area contributed by atoms with Crippen LogP contribution in [0.25, 0.3) is 22.8 Å². The number of nitrogens with zero attached hydrogens (tertiary/aromatic N) is 4. The van der Waals surface area contributed by atoms with Crippen molar-refractivity contribution >= 4 is 5.95 Å². The molecule has 7 nitrogen and oxygen atoms in total. The summed E-state index contributed by atoms with van der Waals surface area (Å²) in [6.45, 7) is 9.42. The Morgan fingerprint density at radius 3 is 2.46 bits per heavy atom. The Kier molecular flexibility index (Phi) is 4.24. The zero-order valence-electron chi connectivity index (χ0n) is 15.4. The zero-order chi connectivity index (χ0) is 18.3. The normalized spacial score (nSPS) is 20.5. The Balaban J connectivity index is 1.79. The fourth-order valence-electron chi connectivity index (χ4n) is 3.29. The Bertz CT molecular complexity index is 907. The molecule has 1 aliphatic rings. The number of aryl methyl sites for hydroxylation is 2. The van der Waals surface area contributed by atoms with Crippen molar-refractivity contribution in [2.24, 2.45) is 0 Å². The molecule has 1 fully saturated rings. The van der Waals surface area contributed by atoms with Gasteiger partial charge in [-0.1, -0.05) is 5.16 Å². The van der Waals surface area contributed by atoms with Gasteiger partial charge in [0.05, 0.1) is 23.5 Å². The number of anilines is 1. The van der Waals surface area contributed by atoms with Gasteiger partial charge >= 0.3 is 0 Å². The number of hydrogen-bond donors (Lipinski definition) is 0. The van der Waals surface area contributed by atoms with Gasteiger partial charge in [-0.25, -0.2) is 9.97 Å². The highest BCUT2D eigenvalue weighted by Gasteiger charge is 2.26. The molecule has 0 saturated carbocycles. The highest BCUT2D eigenvalue weighted by Crippen LogP contribution is 2.33. The van der Waals surface area contributed by atoms with Gasteiger partial charge in [-0.2, -0.15) is 0 Å². The van der Waals surface area contributed by atoms with Crippen LogP contribution in [0, 0.1) is 13.8 Å². The van der Waals surface area contributed by atoms with Gasteiger partial charge in [0, 0.05) is 25.4 Å². The first-order valence-electron chi connectivity index (χ1n) is 8.77. The van der Waals surface area contributed by atoms with Crippen LogP contribution in [-0.4, -0.2) is 40.4 Å². The van der Waals surface area contributed by atoms with Crippen molar-refractivity contribution < 1.29 is 13.7 Å². The van der Waals surface area contributed by atoms with Crippen LogP contribution in [-0.2, 0) is 4.74 Å². The molecule has 0 bridgehead atoms. The molecular formula is C19H22N4O3. The second-order valence-corrected chi connectivity index (χ2v) is 6.84. The highest BCUT2D eigenvalue weighted by atomic mass is 16.5. The zero-order valence-corrected chi connectivity index (χ0v) is 15.4.